The van der Waals surface area contributed by atoms with Crippen molar-refractivity contribution in [2.75, 3.05) is 19.6 Å². The Morgan fingerprint density at radius 2 is 2.22 bits per heavy atom. The maximum atomic E-state index is 13.5. The highest BCUT2D eigenvalue weighted by Crippen LogP contribution is 2.27. The third kappa shape index (κ3) is 2.01. The Bertz CT molecular complexity index is 463. The molecule has 1 amide bonds. The van der Waals surface area contributed by atoms with E-state index in [4.69, 9.17) is 0 Å². The summed E-state index contributed by atoms with van der Waals surface area (Å²) in [4.78, 5) is 14.2. The highest BCUT2D eigenvalue weighted by atomic mass is 19.1. The van der Waals surface area contributed by atoms with Gasteiger partial charge in [-0.15, -0.1) is 0 Å². The largest absolute Gasteiger partial charge is 0.338 e. The van der Waals surface area contributed by atoms with E-state index < -0.39 is 0 Å². The van der Waals surface area contributed by atoms with Crippen molar-refractivity contribution in [1.29, 1.82) is 0 Å². The normalized spacial score (nSPS) is 26.4. The molecule has 4 heteroatoms. The monoisotopic (exact) mass is 248 g/mol. The van der Waals surface area contributed by atoms with Crippen molar-refractivity contribution >= 4 is 5.91 Å². The minimum atomic E-state index is -0.286. The number of hydrogen-bond acceptors (Lipinski definition) is 2. The molecule has 1 N–H and O–H groups in total. The molecule has 96 valence electrons. The maximum absolute atomic E-state index is 13.5. The van der Waals surface area contributed by atoms with Crippen molar-refractivity contribution in [3.63, 3.8) is 0 Å². The standard InChI is InChI=1S/C14H17FN2O/c15-12-4-2-1-3-10(12)7-14(18)17-6-5-11-8-16-9-13(11)17/h1-4,11,13,16H,5-9H2/t11-,13+/m1/s1. The Hall–Kier alpha value is -1.42. The molecule has 0 aliphatic carbocycles. The molecule has 18 heavy (non-hydrogen) atoms. The summed E-state index contributed by atoms with van der Waals surface area (Å²) >= 11 is 0. The molecule has 0 saturated carbocycles. The molecule has 3 nitrogen and oxygen atoms in total. The summed E-state index contributed by atoms with van der Waals surface area (Å²) in [5.74, 6) is 0.358. The zero-order valence-electron chi connectivity index (χ0n) is 10.2. The first-order valence-electron chi connectivity index (χ1n) is 6.49. The van der Waals surface area contributed by atoms with E-state index in [1.54, 1.807) is 18.2 Å². The quantitative estimate of drug-likeness (QED) is 0.852. The number of halogens is 1. The number of rotatable bonds is 2. The van der Waals surface area contributed by atoms with Crippen LogP contribution in [0.1, 0.15) is 12.0 Å². The molecule has 2 heterocycles. The summed E-state index contributed by atoms with van der Waals surface area (Å²) < 4.78 is 13.5. The number of benzene rings is 1. The van der Waals surface area contributed by atoms with Crippen LogP contribution in [0.2, 0.25) is 0 Å². The number of carbonyl (C=O) groups excluding carboxylic acids is 1. The Balaban J connectivity index is 1.70. The van der Waals surface area contributed by atoms with Gasteiger partial charge in [-0.2, -0.15) is 0 Å². The van der Waals surface area contributed by atoms with E-state index >= 15 is 0 Å². The zero-order chi connectivity index (χ0) is 12.5. The van der Waals surface area contributed by atoms with Crippen LogP contribution in [0.4, 0.5) is 4.39 Å². The second kappa shape index (κ2) is 4.69. The maximum Gasteiger partial charge on any atom is 0.227 e. The fourth-order valence-electron chi connectivity index (χ4n) is 3.07. The molecule has 2 saturated heterocycles. The van der Waals surface area contributed by atoms with E-state index in [-0.39, 0.29) is 18.1 Å². The molecule has 0 bridgehead atoms. The number of likely N-dealkylation sites (tertiary alicyclic amines) is 1. The summed E-state index contributed by atoms with van der Waals surface area (Å²) in [6.07, 6.45) is 1.25. The minimum absolute atomic E-state index is 0.0521. The molecule has 1 aromatic rings. The van der Waals surface area contributed by atoms with Gasteiger partial charge in [0.05, 0.1) is 6.42 Å². The summed E-state index contributed by atoms with van der Waals surface area (Å²) in [5, 5.41) is 3.32. The van der Waals surface area contributed by atoms with Gasteiger partial charge < -0.3 is 10.2 Å². The Morgan fingerprint density at radius 3 is 3.06 bits per heavy atom. The summed E-state index contributed by atoms with van der Waals surface area (Å²) in [6, 6.07) is 6.84. The van der Waals surface area contributed by atoms with Gasteiger partial charge in [0.1, 0.15) is 5.82 Å². The molecule has 2 aliphatic heterocycles. The lowest BCUT2D eigenvalue weighted by Gasteiger charge is -2.23. The minimum Gasteiger partial charge on any atom is -0.338 e. The van der Waals surface area contributed by atoms with Gasteiger partial charge in [-0.05, 0) is 24.0 Å². The number of nitrogens with zero attached hydrogens (tertiary/aromatic N) is 1. The van der Waals surface area contributed by atoms with Crippen molar-refractivity contribution in [3.05, 3.63) is 35.6 Å². The van der Waals surface area contributed by atoms with E-state index in [1.165, 1.54) is 6.07 Å². The van der Waals surface area contributed by atoms with Crippen LogP contribution in [0.5, 0.6) is 0 Å². The number of carbonyl (C=O) groups is 1. The fraction of sp³-hybridized carbons (Fsp3) is 0.500. The van der Waals surface area contributed by atoms with Crippen molar-refractivity contribution in [2.24, 2.45) is 5.92 Å². The average molecular weight is 248 g/mol. The highest BCUT2D eigenvalue weighted by Gasteiger charge is 2.39. The van der Waals surface area contributed by atoms with E-state index in [0.717, 1.165) is 26.1 Å². The molecule has 2 aliphatic rings. The topological polar surface area (TPSA) is 32.3 Å². The van der Waals surface area contributed by atoms with Crippen molar-refractivity contribution in [3.8, 4) is 0 Å². The number of amides is 1. The lowest BCUT2D eigenvalue weighted by molar-refractivity contribution is -0.131. The molecule has 3 rings (SSSR count). The first kappa shape index (κ1) is 11.7. The van der Waals surface area contributed by atoms with Gasteiger partial charge in [0, 0.05) is 25.7 Å². The predicted octanol–water partition coefficient (Wildman–Crippen LogP) is 1.19. The Labute approximate surface area is 106 Å². The molecule has 0 aromatic heterocycles. The lowest BCUT2D eigenvalue weighted by atomic mass is 10.0. The smallest absolute Gasteiger partial charge is 0.227 e. The lowest BCUT2D eigenvalue weighted by Crippen LogP contribution is -2.40. The van der Waals surface area contributed by atoms with Gasteiger partial charge in [0.25, 0.3) is 0 Å². The number of fused-ring (bicyclic) bond motifs is 1. The van der Waals surface area contributed by atoms with E-state index in [1.807, 2.05) is 4.90 Å². The molecule has 0 spiro atoms. The second-order valence-electron chi connectivity index (χ2n) is 5.13. The van der Waals surface area contributed by atoms with Crippen LogP contribution in [-0.2, 0) is 11.2 Å². The summed E-state index contributed by atoms with van der Waals surface area (Å²) in [5.41, 5.74) is 0.497. The first-order valence-corrected chi connectivity index (χ1v) is 6.49. The van der Waals surface area contributed by atoms with Crippen molar-refractivity contribution in [1.82, 2.24) is 10.2 Å². The van der Waals surface area contributed by atoms with Crippen LogP contribution in [0.3, 0.4) is 0 Å². The van der Waals surface area contributed by atoms with Crippen molar-refractivity contribution < 1.29 is 9.18 Å². The van der Waals surface area contributed by atoms with E-state index in [0.29, 0.717) is 17.5 Å². The Morgan fingerprint density at radius 1 is 1.39 bits per heavy atom. The third-order valence-corrected chi connectivity index (χ3v) is 4.07. The van der Waals surface area contributed by atoms with Gasteiger partial charge in [-0.1, -0.05) is 18.2 Å². The van der Waals surface area contributed by atoms with Gasteiger partial charge in [0.2, 0.25) is 5.91 Å². The zero-order valence-corrected chi connectivity index (χ0v) is 10.2. The van der Waals surface area contributed by atoms with Crippen LogP contribution >= 0.6 is 0 Å². The first-order chi connectivity index (χ1) is 8.75. The second-order valence-corrected chi connectivity index (χ2v) is 5.13. The molecule has 0 radical (unpaired) electrons. The molecule has 2 atom stereocenters. The van der Waals surface area contributed by atoms with Crippen LogP contribution in [-0.4, -0.2) is 36.5 Å². The van der Waals surface area contributed by atoms with Crippen LogP contribution in [0.15, 0.2) is 24.3 Å². The Kier molecular flexibility index (Phi) is 3.04. The third-order valence-electron chi connectivity index (χ3n) is 4.07. The number of hydrogen-bond donors (Lipinski definition) is 1. The summed E-state index contributed by atoms with van der Waals surface area (Å²) in [7, 11) is 0. The number of nitrogens with one attached hydrogen (secondary N) is 1. The van der Waals surface area contributed by atoms with Gasteiger partial charge >= 0.3 is 0 Å². The fourth-order valence-corrected chi connectivity index (χ4v) is 3.07. The van der Waals surface area contributed by atoms with Crippen LogP contribution in [0.25, 0.3) is 0 Å². The SMILES string of the molecule is O=C(Cc1ccccc1F)N1CC[C@@H]2CNC[C@@H]21. The molecule has 1 aromatic carbocycles. The highest BCUT2D eigenvalue weighted by molar-refractivity contribution is 5.79. The molecular formula is C14H17FN2O. The van der Waals surface area contributed by atoms with Crippen LogP contribution in [0, 0.1) is 11.7 Å². The van der Waals surface area contributed by atoms with Crippen LogP contribution < -0.4 is 5.32 Å². The molecular weight excluding hydrogens is 231 g/mol. The van der Waals surface area contributed by atoms with Gasteiger partial charge in [-0.25, -0.2) is 4.39 Å². The van der Waals surface area contributed by atoms with Gasteiger partial charge in [0.15, 0.2) is 0 Å². The van der Waals surface area contributed by atoms with Crippen molar-refractivity contribution in [2.45, 2.75) is 18.9 Å². The van der Waals surface area contributed by atoms with E-state index in [2.05, 4.69) is 5.32 Å². The summed E-state index contributed by atoms with van der Waals surface area (Å²) in [6.45, 7) is 2.71. The molecule has 0 unspecified atom stereocenters. The average Bonchev–Trinajstić information content (AvgIpc) is 2.93. The molecule has 2 fully saturated rings. The van der Waals surface area contributed by atoms with Gasteiger partial charge in [-0.3, -0.25) is 4.79 Å². The predicted molar refractivity (Wildman–Crippen MR) is 66.6 cm³/mol. The van der Waals surface area contributed by atoms with E-state index in [9.17, 15) is 9.18 Å².